The molecule has 20 heavy (non-hydrogen) atoms. The number of nitrogens with zero attached hydrogens (tertiary/aromatic N) is 2. The molecule has 0 aliphatic carbocycles. The minimum Gasteiger partial charge on any atom is -0.491 e. The van der Waals surface area contributed by atoms with Crippen LogP contribution in [-0.2, 0) is 0 Å². The molecule has 5 heteroatoms. The number of rotatable bonds is 4. The van der Waals surface area contributed by atoms with Crippen LogP contribution in [0.5, 0.6) is 5.75 Å². The lowest BCUT2D eigenvalue weighted by Crippen LogP contribution is -2.02. The molecule has 0 unspecified atom stereocenters. The average Bonchev–Trinajstić information content (AvgIpc) is 2.72. The van der Waals surface area contributed by atoms with Gasteiger partial charge in [-0.1, -0.05) is 5.57 Å². The highest BCUT2D eigenvalue weighted by Crippen LogP contribution is 2.24. The van der Waals surface area contributed by atoms with E-state index in [1.165, 1.54) is 6.07 Å². The Bertz CT molecular complexity index is 645. The van der Waals surface area contributed by atoms with E-state index in [1.54, 1.807) is 16.8 Å². The molecule has 1 aromatic carbocycles. The van der Waals surface area contributed by atoms with Crippen molar-refractivity contribution >= 4 is 22.0 Å². The van der Waals surface area contributed by atoms with Crippen molar-refractivity contribution in [3.05, 3.63) is 46.0 Å². The first-order valence-electron chi connectivity index (χ1n) is 6.34. The summed E-state index contributed by atoms with van der Waals surface area (Å²) in [7, 11) is 0. The predicted octanol–water partition coefficient (Wildman–Crippen LogP) is 4.60. The monoisotopic (exact) mass is 338 g/mol. The zero-order valence-electron chi connectivity index (χ0n) is 11.7. The van der Waals surface area contributed by atoms with Gasteiger partial charge in [-0.15, -0.1) is 0 Å². The Hall–Kier alpha value is -1.62. The van der Waals surface area contributed by atoms with E-state index in [9.17, 15) is 4.39 Å². The molecular weight excluding hydrogens is 323 g/mol. The Balaban J connectivity index is 2.51. The molecule has 106 valence electrons. The van der Waals surface area contributed by atoms with Gasteiger partial charge in [-0.3, -0.25) is 0 Å². The maximum absolute atomic E-state index is 13.6. The Labute approximate surface area is 126 Å². The fourth-order valence-electron chi connectivity index (χ4n) is 1.86. The van der Waals surface area contributed by atoms with E-state index in [4.69, 9.17) is 4.74 Å². The maximum atomic E-state index is 13.6. The molecule has 0 aliphatic rings. The molecule has 2 aromatic rings. The quantitative estimate of drug-likeness (QED) is 0.814. The highest BCUT2D eigenvalue weighted by molar-refractivity contribution is 9.10. The molecule has 0 fully saturated rings. The summed E-state index contributed by atoms with van der Waals surface area (Å²) >= 11 is 3.37. The third-order valence-corrected chi connectivity index (χ3v) is 2.99. The second kappa shape index (κ2) is 6.22. The average molecular weight is 339 g/mol. The van der Waals surface area contributed by atoms with Crippen LogP contribution in [0, 0.1) is 5.82 Å². The molecule has 3 nitrogen and oxygen atoms in total. The number of hydrogen-bond donors (Lipinski definition) is 0. The van der Waals surface area contributed by atoms with E-state index < -0.39 is 0 Å². The molecule has 1 heterocycles. The van der Waals surface area contributed by atoms with Crippen molar-refractivity contribution < 1.29 is 9.13 Å². The van der Waals surface area contributed by atoms with Gasteiger partial charge < -0.3 is 4.74 Å². The summed E-state index contributed by atoms with van der Waals surface area (Å²) in [6.07, 6.45) is 2.02. The van der Waals surface area contributed by atoms with E-state index >= 15 is 0 Å². The molecule has 0 saturated heterocycles. The summed E-state index contributed by atoms with van der Waals surface area (Å²) in [6.45, 7) is 6.28. The Morgan fingerprint density at radius 2 is 2.15 bits per heavy atom. The van der Waals surface area contributed by atoms with Crippen molar-refractivity contribution in [3.63, 3.8) is 0 Å². The van der Waals surface area contributed by atoms with Crippen LogP contribution >= 0.6 is 15.9 Å². The van der Waals surface area contributed by atoms with Gasteiger partial charge in [0.2, 0.25) is 0 Å². The highest BCUT2D eigenvalue weighted by Gasteiger charge is 2.10. The van der Waals surface area contributed by atoms with Gasteiger partial charge in [-0.25, -0.2) is 9.07 Å². The van der Waals surface area contributed by atoms with Crippen molar-refractivity contribution in [2.24, 2.45) is 0 Å². The fourth-order valence-corrected chi connectivity index (χ4v) is 2.25. The van der Waals surface area contributed by atoms with Crippen LogP contribution in [0.1, 0.15) is 26.5 Å². The summed E-state index contributed by atoms with van der Waals surface area (Å²) in [6, 6.07) is 6.64. The summed E-state index contributed by atoms with van der Waals surface area (Å²) in [4.78, 5) is 0. The van der Waals surface area contributed by atoms with Gasteiger partial charge in [0.1, 0.15) is 4.60 Å². The second-order valence-corrected chi connectivity index (χ2v) is 5.39. The molecule has 0 aliphatic heterocycles. The molecule has 0 amide bonds. The van der Waals surface area contributed by atoms with Gasteiger partial charge in [0.05, 0.1) is 18.0 Å². The van der Waals surface area contributed by atoms with E-state index in [-0.39, 0.29) is 11.6 Å². The SMILES string of the molecule is CCOc1cc(-n2nc(Br)cc2C=C(C)C)ccc1F. The lowest BCUT2D eigenvalue weighted by molar-refractivity contribution is 0.321. The van der Waals surface area contributed by atoms with Crippen LogP contribution in [0.15, 0.2) is 34.4 Å². The van der Waals surface area contributed by atoms with Gasteiger partial charge in [0, 0.05) is 6.07 Å². The maximum Gasteiger partial charge on any atom is 0.165 e. The van der Waals surface area contributed by atoms with Gasteiger partial charge >= 0.3 is 0 Å². The molecule has 0 atom stereocenters. The topological polar surface area (TPSA) is 27.1 Å². The Morgan fingerprint density at radius 1 is 1.40 bits per heavy atom. The van der Waals surface area contributed by atoms with Gasteiger partial charge in [0.25, 0.3) is 0 Å². The summed E-state index contributed by atoms with van der Waals surface area (Å²) in [5, 5.41) is 4.38. The zero-order valence-corrected chi connectivity index (χ0v) is 13.2. The third kappa shape index (κ3) is 3.28. The Morgan fingerprint density at radius 3 is 2.80 bits per heavy atom. The van der Waals surface area contributed by atoms with E-state index in [0.29, 0.717) is 6.61 Å². The second-order valence-electron chi connectivity index (χ2n) is 4.57. The number of halogens is 2. The molecule has 0 radical (unpaired) electrons. The molecule has 0 saturated carbocycles. The van der Waals surface area contributed by atoms with E-state index in [2.05, 4.69) is 21.0 Å². The third-order valence-electron chi connectivity index (χ3n) is 2.60. The van der Waals surface area contributed by atoms with Crippen LogP contribution < -0.4 is 4.74 Å². The Kier molecular flexibility index (Phi) is 4.60. The summed E-state index contributed by atoms with van der Waals surface area (Å²) in [5.74, 6) is -0.134. The van der Waals surface area contributed by atoms with Crippen LogP contribution in [0.3, 0.4) is 0 Å². The minimum absolute atomic E-state index is 0.236. The number of benzene rings is 1. The summed E-state index contributed by atoms with van der Waals surface area (Å²) in [5.41, 5.74) is 2.84. The first kappa shape index (κ1) is 14.8. The normalized spacial score (nSPS) is 10.4. The van der Waals surface area contributed by atoms with Crippen LogP contribution in [0.4, 0.5) is 4.39 Å². The van der Waals surface area contributed by atoms with Gasteiger partial charge in [0.15, 0.2) is 11.6 Å². The first-order chi connectivity index (χ1) is 9.51. The van der Waals surface area contributed by atoms with E-state index in [0.717, 1.165) is 21.6 Å². The minimum atomic E-state index is -0.370. The lowest BCUT2D eigenvalue weighted by atomic mass is 10.2. The molecule has 0 bridgehead atoms. The highest BCUT2D eigenvalue weighted by atomic mass is 79.9. The first-order valence-corrected chi connectivity index (χ1v) is 7.13. The van der Waals surface area contributed by atoms with Crippen molar-refractivity contribution in [1.82, 2.24) is 9.78 Å². The van der Waals surface area contributed by atoms with Gasteiger partial charge in [-0.05, 0) is 61.0 Å². The fraction of sp³-hybridized carbons (Fsp3) is 0.267. The standard InChI is InChI=1S/C15H16BrFN2O/c1-4-20-14-8-11(5-6-13(14)17)19-12(7-10(2)3)9-15(16)18-19/h5-9H,4H2,1-3H3. The van der Waals surface area contributed by atoms with Gasteiger partial charge in [-0.2, -0.15) is 5.10 Å². The smallest absolute Gasteiger partial charge is 0.165 e. The molecule has 1 aromatic heterocycles. The molecule has 0 spiro atoms. The molecule has 0 N–H and O–H groups in total. The zero-order chi connectivity index (χ0) is 14.7. The van der Waals surface area contributed by atoms with E-state index in [1.807, 2.05) is 32.9 Å². The molecule has 2 rings (SSSR count). The number of hydrogen-bond acceptors (Lipinski definition) is 2. The van der Waals surface area contributed by atoms with Crippen LogP contribution in [-0.4, -0.2) is 16.4 Å². The summed E-state index contributed by atoms with van der Waals surface area (Å²) < 4.78 is 21.4. The van der Waals surface area contributed by atoms with Crippen LogP contribution in [0.25, 0.3) is 11.8 Å². The van der Waals surface area contributed by atoms with Crippen LogP contribution in [0.2, 0.25) is 0 Å². The van der Waals surface area contributed by atoms with Crippen molar-refractivity contribution in [2.75, 3.05) is 6.61 Å². The lowest BCUT2D eigenvalue weighted by Gasteiger charge is -2.09. The number of allylic oxidation sites excluding steroid dienone is 1. The molecular formula is C15H16BrFN2O. The number of aromatic nitrogens is 2. The van der Waals surface area contributed by atoms with Crippen molar-refractivity contribution in [3.8, 4) is 11.4 Å². The van der Waals surface area contributed by atoms with Crippen molar-refractivity contribution in [2.45, 2.75) is 20.8 Å². The van der Waals surface area contributed by atoms with Crippen molar-refractivity contribution in [1.29, 1.82) is 0 Å². The predicted molar refractivity (Wildman–Crippen MR) is 81.7 cm³/mol. The number of ether oxygens (including phenoxy) is 1. The largest absolute Gasteiger partial charge is 0.491 e.